The van der Waals surface area contributed by atoms with Gasteiger partial charge in [-0.25, -0.2) is 0 Å². The third-order valence-corrected chi connectivity index (χ3v) is 5.09. The van der Waals surface area contributed by atoms with Gasteiger partial charge in [-0.05, 0) is 30.2 Å². The largest absolute Gasteiger partial charge is 0.508 e. The van der Waals surface area contributed by atoms with E-state index in [1.54, 1.807) is 11.3 Å². The van der Waals surface area contributed by atoms with Crippen molar-refractivity contribution < 1.29 is 5.11 Å². The molecule has 2 rings (SSSR count). The van der Waals surface area contributed by atoms with Crippen molar-refractivity contribution in [2.75, 3.05) is 0 Å². The fourth-order valence-electron chi connectivity index (χ4n) is 2.49. The van der Waals surface area contributed by atoms with E-state index >= 15 is 0 Å². The first kappa shape index (κ1) is 13.6. The summed E-state index contributed by atoms with van der Waals surface area (Å²) in [5.41, 5.74) is 3.10. The molecule has 1 aromatic heterocycles. The van der Waals surface area contributed by atoms with Gasteiger partial charge in [-0.1, -0.05) is 39.8 Å². The van der Waals surface area contributed by atoms with E-state index in [1.807, 2.05) is 0 Å². The van der Waals surface area contributed by atoms with Crippen LogP contribution in [0.1, 0.15) is 41.1 Å². The van der Waals surface area contributed by atoms with E-state index < -0.39 is 0 Å². The maximum absolute atomic E-state index is 9.88. The number of thiophene rings is 1. The summed E-state index contributed by atoms with van der Waals surface area (Å²) < 4.78 is 2.76. The van der Waals surface area contributed by atoms with Crippen LogP contribution in [-0.2, 0) is 12.8 Å². The van der Waals surface area contributed by atoms with E-state index in [9.17, 15) is 5.11 Å². The van der Waals surface area contributed by atoms with Crippen LogP contribution in [0.2, 0.25) is 0 Å². The lowest BCUT2D eigenvalue weighted by molar-refractivity contribution is 0.317. The summed E-state index contributed by atoms with van der Waals surface area (Å²) >= 11 is 5.73. The first-order valence-corrected chi connectivity index (χ1v) is 7.24. The summed E-state index contributed by atoms with van der Waals surface area (Å²) in [5, 5.41) is 9.88. The number of hydrogen-bond donors (Lipinski definition) is 3. The van der Waals surface area contributed by atoms with Crippen molar-refractivity contribution in [1.29, 1.82) is 0 Å². The standard InChI is InChI=1S/C14H19NOS2/c1-8(15-17)13-12(9(2)16)10-7-14(3,4)6-5-11(10)18-13/h15-17H,1-2,5-7H2,3-4H3. The van der Waals surface area contributed by atoms with E-state index in [4.69, 9.17) is 0 Å². The molecule has 0 saturated heterocycles. The maximum atomic E-state index is 9.88. The van der Waals surface area contributed by atoms with Crippen LogP contribution in [0.3, 0.4) is 0 Å². The Bertz CT molecular complexity index is 514. The number of aliphatic hydroxyl groups is 1. The van der Waals surface area contributed by atoms with Crippen LogP contribution in [0, 0.1) is 5.41 Å². The maximum Gasteiger partial charge on any atom is 0.117 e. The Morgan fingerprint density at radius 2 is 2.11 bits per heavy atom. The number of thiol groups is 1. The predicted molar refractivity (Wildman–Crippen MR) is 82.9 cm³/mol. The first-order valence-electron chi connectivity index (χ1n) is 5.98. The molecule has 1 aliphatic carbocycles. The van der Waals surface area contributed by atoms with E-state index in [2.05, 4.69) is 44.5 Å². The van der Waals surface area contributed by atoms with Crippen LogP contribution in [-0.4, -0.2) is 5.11 Å². The molecule has 1 heterocycles. The molecule has 0 aromatic carbocycles. The van der Waals surface area contributed by atoms with Crippen molar-refractivity contribution >= 4 is 35.6 Å². The molecule has 0 unspecified atom stereocenters. The van der Waals surface area contributed by atoms with Crippen LogP contribution in [0.5, 0.6) is 0 Å². The van der Waals surface area contributed by atoms with Crippen molar-refractivity contribution in [2.24, 2.45) is 5.41 Å². The highest BCUT2D eigenvalue weighted by atomic mass is 32.1. The van der Waals surface area contributed by atoms with Crippen molar-refractivity contribution in [2.45, 2.75) is 33.1 Å². The van der Waals surface area contributed by atoms with Gasteiger partial charge in [0.15, 0.2) is 0 Å². The number of aryl methyl sites for hydroxylation is 1. The molecule has 0 aliphatic heterocycles. The highest BCUT2D eigenvalue weighted by Gasteiger charge is 2.31. The van der Waals surface area contributed by atoms with Crippen LogP contribution in [0.25, 0.3) is 11.5 Å². The van der Waals surface area contributed by atoms with Crippen LogP contribution < -0.4 is 4.72 Å². The minimum Gasteiger partial charge on any atom is -0.508 e. The molecule has 4 heteroatoms. The molecule has 0 fully saturated rings. The molecule has 0 amide bonds. The van der Waals surface area contributed by atoms with Gasteiger partial charge in [0.25, 0.3) is 0 Å². The summed E-state index contributed by atoms with van der Waals surface area (Å²) in [6, 6.07) is 0. The Balaban J connectivity index is 2.56. The van der Waals surface area contributed by atoms with E-state index in [1.165, 1.54) is 16.9 Å². The topological polar surface area (TPSA) is 32.3 Å². The highest BCUT2D eigenvalue weighted by Crippen LogP contribution is 2.44. The highest BCUT2D eigenvalue weighted by molar-refractivity contribution is 7.78. The normalized spacial score (nSPS) is 17.1. The molecular formula is C14H19NOS2. The molecule has 1 aliphatic rings. The van der Waals surface area contributed by atoms with Crippen molar-refractivity contribution in [3.05, 3.63) is 34.0 Å². The zero-order chi connectivity index (χ0) is 13.5. The Morgan fingerprint density at radius 1 is 1.44 bits per heavy atom. The number of aliphatic hydroxyl groups excluding tert-OH is 1. The van der Waals surface area contributed by atoms with Crippen molar-refractivity contribution in [3.63, 3.8) is 0 Å². The zero-order valence-electron chi connectivity index (χ0n) is 10.8. The van der Waals surface area contributed by atoms with Crippen molar-refractivity contribution in [3.8, 4) is 0 Å². The summed E-state index contributed by atoms with van der Waals surface area (Å²) in [4.78, 5) is 2.31. The first-order chi connectivity index (χ1) is 8.35. The van der Waals surface area contributed by atoms with Gasteiger partial charge in [-0.15, -0.1) is 11.3 Å². The second-order valence-corrected chi connectivity index (χ2v) is 6.91. The molecule has 2 nitrogen and oxygen atoms in total. The van der Waals surface area contributed by atoms with Gasteiger partial charge in [-0.2, -0.15) is 0 Å². The molecule has 18 heavy (non-hydrogen) atoms. The van der Waals surface area contributed by atoms with E-state index in [-0.39, 0.29) is 11.2 Å². The third kappa shape index (κ3) is 2.31. The number of fused-ring (bicyclic) bond motifs is 1. The third-order valence-electron chi connectivity index (χ3n) is 3.47. The van der Waals surface area contributed by atoms with Gasteiger partial charge < -0.3 is 9.83 Å². The SMILES string of the molecule is C=C(NS)c1sc2c(c1C(=C)O)CC(C)(C)CC2. The van der Waals surface area contributed by atoms with E-state index in [0.717, 1.165) is 29.0 Å². The lowest BCUT2D eigenvalue weighted by Crippen LogP contribution is -2.21. The average Bonchev–Trinajstić information content (AvgIpc) is 2.64. The van der Waals surface area contributed by atoms with Gasteiger partial charge in [0.2, 0.25) is 0 Å². The second-order valence-electron chi connectivity index (χ2n) is 5.59. The quantitative estimate of drug-likeness (QED) is 0.573. The molecule has 0 atom stereocenters. The predicted octanol–water partition coefficient (Wildman–Crippen LogP) is 4.20. The van der Waals surface area contributed by atoms with Crippen LogP contribution in [0.15, 0.2) is 13.2 Å². The Kier molecular flexibility index (Phi) is 3.52. The fourth-order valence-corrected chi connectivity index (χ4v) is 3.94. The summed E-state index contributed by atoms with van der Waals surface area (Å²) in [5.74, 6) is 0.130. The summed E-state index contributed by atoms with van der Waals surface area (Å²) in [6.45, 7) is 12.2. The summed E-state index contributed by atoms with van der Waals surface area (Å²) in [7, 11) is 0. The second kappa shape index (κ2) is 4.67. The molecule has 2 N–H and O–H groups in total. The average molecular weight is 281 g/mol. The molecule has 1 aromatic rings. The minimum absolute atomic E-state index is 0.130. The number of rotatable bonds is 3. The molecule has 0 spiro atoms. The summed E-state index contributed by atoms with van der Waals surface area (Å²) in [6.07, 6.45) is 3.22. The Labute approximate surface area is 118 Å². The molecular weight excluding hydrogens is 262 g/mol. The van der Waals surface area contributed by atoms with Crippen molar-refractivity contribution in [1.82, 2.24) is 4.72 Å². The molecule has 98 valence electrons. The van der Waals surface area contributed by atoms with Gasteiger partial charge >= 0.3 is 0 Å². The number of nitrogens with one attached hydrogen (secondary N) is 1. The monoisotopic (exact) mass is 281 g/mol. The van der Waals surface area contributed by atoms with Gasteiger partial charge in [0.05, 0.1) is 10.6 Å². The molecule has 0 radical (unpaired) electrons. The lowest BCUT2D eigenvalue weighted by Gasteiger charge is -2.30. The zero-order valence-corrected chi connectivity index (χ0v) is 12.5. The van der Waals surface area contributed by atoms with Crippen LogP contribution in [0.4, 0.5) is 0 Å². The smallest absolute Gasteiger partial charge is 0.117 e. The van der Waals surface area contributed by atoms with Gasteiger partial charge in [-0.3, -0.25) is 0 Å². The van der Waals surface area contributed by atoms with Gasteiger partial charge in [0.1, 0.15) is 5.76 Å². The molecule has 0 bridgehead atoms. The minimum atomic E-state index is 0.130. The molecule has 0 saturated carbocycles. The van der Waals surface area contributed by atoms with E-state index in [0.29, 0.717) is 0 Å². The Morgan fingerprint density at radius 3 is 2.67 bits per heavy atom. The lowest BCUT2D eigenvalue weighted by atomic mass is 9.76. The van der Waals surface area contributed by atoms with Gasteiger partial charge in [0, 0.05) is 10.4 Å². The Hall–Kier alpha value is -0.870. The number of hydrogen-bond acceptors (Lipinski definition) is 4. The van der Waals surface area contributed by atoms with Crippen LogP contribution >= 0.6 is 24.2 Å². The fraction of sp³-hybridized carbons (Fsp3) is 0.429.